The van der Waals surface area contributed by atoms with Crippen molar-refractivity contribution in [3.63, 3.8) is 0 Å². The fourth-order valence-corrected chi connectivity index (χ4v) is 3.80. The monoisotopic (exact) mass is 335 g/mol. The van der Waals surface area contributed by atoms with Crippen LogP contribution in [0.5, 0.6) is 0 Å². The number of morpholine rings is 1. The van der Waals surface area contributed by atoms with Crippen LogP contribution >= 0.6 is 0 Å². The van der Waals surface area contributed by atoms with Crippen molar-refractivity contribution >= 4 is 28.9 Å². The van der Waals surface area contributed by atoms with Gasteiger partial charge >= 0.3 is 105 Å². The van der Waals surface area contributed by atoms with Crippen LogP contribution in [0, 0.1) is 0 Å². The van der Waals surface area contributed by atoms with Gasteiger partial charge in [-0.25, -0.2) is 0 Å². The molecule has 1 N–H and O–H groups in total. The molecule has 0 amide bonds. The molecule has 1 fully saturated rings. The fourth-order valence-electron chi connectivity index (χ4n) is 1.22. The van der Waals surface area contributed by atoms with Gasteiger partial charge in [0.25, 0.3) is 0 Å². The van der Waals surface area contributed by atoms with E-state index in [4.69, 9.17) is 9.47 Å². The van der Waals surface area contributed by atoms with Crippen molar-refractivity contribution in [2.45, 2.75) is 32.5 Å². The molecule has 1 aliphatic rings. The van der Waals surface area contributed by atoms with Crippen LogP contribution in [0.25, 0.3) is 0 Å². The van der Waals surface area contributed by atoms with E-state index in [2.05, 4.69) is 5.32 Å². The number of carbonyl (C=O) groups excluding carboxylic acids is 2. The van der Waals surface area contributed by atoms with Gasteiger partial charge in [-0.2, -0.15) is 0 Å². The second-order valence-electron chi connectivity index (χ2n) is 4.55. The van der Waals surface area contributed by atoms with Gasteiger partial charge in [-0.05, 0) is 0 Å². The van der Waals surface area contributed by atoms with Gasteiger partial charge in [-0.3, -0.25) is 0 Å². The summed E-state index contributed by atoms with van der Waals surface area (Å²) in [5.74, 6) is 0. The number of nitrogens with one attached hydrogen (secondary N) is 1. The molecule has 0 aromatic rings. The molecule has 16 heavy (non-hydrogen) atoms. The van der Waals surface area contributed by atoms with Crippen molar-refractivity contribution < 1.29 is 19.1 Å². The Morgan fingerprint density at radius 1 is 1.44 bits per heavy atom. The first-order valence-corrected chi connectivity index (χ1v) is 8.10. The molecule has 0 bridgehead atoms. The van der Waals surface area contributed by atoms with E-state index in [0.717, 1.165) is 6.54 Å². The van der Waals surface area contributed by atoms with Crippen LogP contribution in [-0.4, -0.2) is 60.3 Å². The molecule has 1 heterocycles. The Morgan fingerprint density at radius 3 is 2.62 bits per heavy atom. The van der Waals surface area contributed by atoms with Crippen molar-refractivity contribution in [2.24, 2.45) is 0 Å². The molecular formula is C10H17NO4Sn. The summed E-state index contributed by atoms with van der Waals surface area (Å²) in [6, 6.07) is 0. The molecule has 5 nitrogen and oxygen atoms in total. The molecule has 2 radical (unpaired) electrons. The molecule has 0 aliphatic carbocycles. The summed E-state index contributed by atoms with van der Waals surface area (Å²) in [6.45, 7) is 7.21. The van der Waals surface area contributed by atoms with Crippen molar-refractivity contribution in [2.75, 3.05) is 19.7 Å². The zero-order valence-corrected chi connectivity index (χ0v) is 12.7. The third-order valence-corrected chi connectivity index (χ3v) is 4.34. The molecule has 1 unspecified atom stereocenters. The maximum absolute atomic E-state index is 11.7. The summed E-state index contributed by atoms with van der Waals surface area (Å²) >= 11 is -1.82. The number of hydrogen-bond acceptors (Lipinski definition) is 5. The Labute approximate surface area is 105 Å². The molecule has 1 aliphatic heterocycles. The van der Waals surface area contributed by atoms with E-state index in [1.54, 1.807) is 20.8 Å². The van der Waals surface area contributed by atoms with Gasteiger partial charge in [-0.1, -0.05) is 0 Å². The first kappa shape index (κ1) is 13.9. The number of carbonyl (C=O) groups is 2. The van der Waals surface area contributed by atoms with Crippen LogP contribution in [0.4, 0.5) is 4.79 Å². The van der Waals surface area contributed by atoms with Crippen LogP contribution in [0.15, 0.2) is 0 Å². The molecule has 1 rings (SSSR count). The van der Waals surface area contributed by atoms with Crippen LogP contribution < -0.4 is 5.32 Å². The van der Waals surface area contributed by atoms with Crippen LogP contribution in [0.1, 0.15) is 20.8 Å². The van der Waals surface area contributed by atoms with Crippen LogP contribution in [0.3, 0.4) is 0 Å². The Kier molecular flexibility index (Phi) is 5.20. The molecule has 0 saturated carbocycles. The normalized spacial score (nSPS) is 21.6. The van der Waals surface area contributed by atoms with Gasteiger partial charge in [-0.15, -0.1) is 0 Å². The quantitative estimate of drug-likeness (QED) is 0.744. The summed E-state index contributed by atoms with van der Waals surface area (Å²) in [6.07, 6.45) is -0.437. The topological polar surface area (TPSA) is 64.6 Å². The van der Waals surface area contributed by atoms with Gasteiger partial charge < -0.3 is 0 Å². The minimum absolute atomic E-state index is 0.0509. The van der Waals surface area contributed by atoms with Gasteiger partial charge in [0.2, 0.25) is 0 Å². The van der Waals surface area contributed by atoms with E-state index in [0.29, 0.717) is 13.2 Å². The molecule has 0 aromatic heterocycles. The molecule has 1 saturated heterocycles. The zero-order chi connectivity index (χ0) is 12.2. The van der Waals surface area contributed by atoms with Crippen LogP contribution in [-0.2, 0) is 14.3 Å². The van der Waals surface area contributed by atoms with E-state index in [9.17, 15) is 9.59 Å². The van der Waals surface area contributed by atoms with Crippen LogP contribution in [0.2, 0.25) is 0 Å². The first-order valence-electron chi connectivity index (χ1n) is 5.24. The van der Waals surface area contributed by atoms with E-state index < -0.39 is 32.8 Å². The second kappa shape index (κ2) is 5.97. The fraction of sp³-hybridized carbons (Fsp3) is 0.800. The van der Waals surface area contributed by atoms with E-state index in [1.807, 2.05) is 0 Å². The average molecular weight is 334 g/mol. The Balaban J connectivity index is 2.35. The van der Waals surface area contributed by atoms with Gasteiger partial charge in [0.1, 0.15) is 0 Å². The number of ether oxygens (including phenoxy) is 2. The Bertz CT molecular complexity index is 268. The summed E-state index contributed by atoms with van der Waals surface area (Å²) < 4.78 is 10.1. The SMILES string of the molecule is CC(C)(C)O[C](=O)[Sn][C](=O)C1CNCCO1. The molecule has 0 aromatic carbocycles. The van der Waals surface area contributed by atoms with Gasteiger partial charge in [0.05, 0.1) is 0 Å². The number of hydrogen-bond donors (Lipinski definition) is 1. The summed E-state index contributed by atoms with van der Waals surface area (Å²) in [5.41, 5.74) is -0.510. The van der Waals surface area contributed by atoms with E-state index >= 15 is 0 Å². The first-order chi connectivity index (χ1) is 7.38. The second-order valence-corrected chi connectivity index (χ2v) is 7.84. The molecule has 1 atom stereocenters. The zero-order valence-electron chi connectivity index (χ0n) is 9.83. The van der Waals surface area contributed by atoms with Crippen molar-refractivity contribution in [3.8, 4) is 0 Å². The molecule has 0 spiro atoms. The summed E-state index contributed by atoms with van der Waals surface area (Å²) in [4.78, 5) is 23.2. The van der Waals surface area contributed by atoms with Crippen molar-refractivity contribution in [3.05, 3.63) is 0 Å². The van der Waals surface area contributed by atoms with E-state index in [1.165, 1.54) is 0 Å². The van der Waals surface area contributed by atoms with Gasteiger partial charge in [0.15, 0.2) is 0 Å². The predicted octanol–water partition coefficient (Wildman–Crippen LogP) is 0.141. The Morgan fingerprint density at radius 2 is 2.12 bits per heavy atom. The molecule has 6 heteroatoms. The third-order valence-electron chi connectivity index (χ3n) is 1.84. The van der Waals surface area contributed by atoms with Gasteiger partial charge in [0, 0.05) is 0 Å². The van der Waals surface area contributed by atoms with Crippen molar-refractivity contribution in [1.29, 1.82) is 0 Å². The maximum atomic E-state index is 11.7. The standard InChI is InChI=1S/C5H8NO2.C5H9O2.Sn/c7-4-5-3-6-1-2-8-5;1-5(2,3)7-4-6;/h5-6H,1-3H2;1-3H3;. The van der Waals surface area contributed by atoms with Crippen molar-refractivity contribution in [1.82, 2.24) is 5.32 Å². The number of rotatable bonds is 3. The summed E-state index contributed by atoms with van der Waals surface area (Å²) in [7, 11) is 0. The Hall–Kier alpha value is -0.141. The average Bonchev–Trinajstić information content (AvgIpc) is 2.16. The summed E-state index contributed by atoms with van der Waals surface area (Å²) in [5, 5.41) is 3.07. The minimum atomic E-state index is -1.82. The van der Waals surface area contributed by atoms with E-state index in [-0.39, 0.29) is 7.78 Å². The predicted molar refractivity (Wildman–Crippen MR) is 59.6 cm³/mol. The molecular weight excluding hydrogens is 317 g/mol. The third kappa shape index (κ3) is 5.27. The molecule has 90 valence electrons.